The molecule has 1 aromatic carbocycles. The quantitative estimate of drug-likeness (QED) is 0.0851. The molecule has 1 aromatic heterocycles. The number of aromatic amines is 1. The number of carbonyl (C=O) groups is 3. The normalized spacial score (nSPS) is 25.7. The van der Waals surface area contributed by atoms with Gasteiger partial charge in [0.2, 0.25) is 11.8 Å². The summed E-state index contributed by atoms with van der Waals surface area (Å²) in [6, 6.07) is 7.85. The maximum Gasteiger partial charge on any atom is 0.482 e. The lowest BCUT2D eigenvalue weighted by atomic mass is 9.63. The number of fused-ring (bicyclic) bond motifs is 2. The summed E-state index contributed by atoms with van der Waals surface area (Å²) in [5, 5.41) is 8.01. The van der Waals surface area contributed by atoms with Gasteiger partial charge < -0.3 is 44.0 Å². The van der Waals surface area contributed by atoms with E-state index in [0.717, 1.165) is 79.9 Å². The monoisotopic (exact) mass is 913 g/mol. The molecule has 7 rings (SSSR count). The number of allylic oxidation sites excluding steroid dienone is 2. The molecule has 5 aliphatic rings. The molecule has 2 aromatic rings. The molecule has 3 saturated carbocycles. The highest BCUT2D eigenvalue weighted by molar-refractivity contribution is 6.48. The summed E-state index contributed by atoms with van der Waals surface area (Å²) in [4.78, 5) is 57.3. The third kappa shape index (κ3) is 13.0. The second kappa shape index (κ2) is 22.1. The van der Waals surface area contributed by atoms with Crippen LogP contribution < -0.4 is 16.2 Å². The van der Waals surface area contributed by atoms with E-state index in [-0.39, 0.29) is 40.9 Å². The van der Waals surface area contributed by atoms with Gasteiger partial charge in [0, 0.05) is 24.0 Å². The number of aromatic nitrogens is 1. The molecule has 362 valence electrons. The van der Waals surface area contributed by atoms with E-state index >= 15 is 0 Å². The predicted molar refractivity (Wildman–Crippen MR) is 259 cm³/mol. The van der Waals surface area contributed by atoms with E-state index < -0.39 is 42.3 Å². The fraction of sp³-hybridized carbons (Fsp3) is 0.654. The van der Waals surface area contributed by atoms with Crippen molar-refractivity contribution in [2.75, 3.05) is 26.9 Å². The zero-order chi connectivity index (χ0) is 47.8. The third-order valence-corrected chi connectivity index (χ3v) is 14.6. The first-order chi connectivity index (χ1) is 31.3. The number of methoxy groups -OCH3 is 1. The van der Waals surface area contributed by atoms with E-state index in [1.165, 1.54) is 0 Å². The highest BCUT2D eigenvalue weighted by Crippen LogP contribution is 2.51. The number of hydrogen-bond acceptors (Lipinski definition) is 9. The van der Waals surface area contributed by atoms with Crippen molar-refractivity contribution in [3.8, 4) is 0 Å². The molecule has 5 fully saturated rings. The highest BCUT2D eigenvalue weighted by atomic mass is 16.7. The first-order valence-corrected chi connectivity index (χ1v) is 24.5. The van der Waals surface area contributed by atoms with Crippen LogP contribution >= 0.6 is 0 Å². The number of rotatable bonds is 16. The lowest BCUT2D eigenvalue weighted by Crippen LogP contribution is -2.60. The van der Waals surface area contributed by atoms with Gasteiger partial charge in [0.25, 0.3) is 5.56 Å². The number of H-pyrrole nitrogens is 1. The maximum atomic E-state index is 14.6. The second-order valence-corrected chi connectivity index (χ2v) is 21.3. The number of hydrogen-bond donors (Lipinski definition) is 3. The van der Waals surface area contributed by atoms with Crippen LogP contribution in [0.3, 0.4) is 0 Å². The molecule has 0 spiro atoms. The molecule has 7 atom stereocenters. The molecule has 0 bridgehead atoms. The molecule has 13 nitrogen and oxygen atoms in total. The van der Waals surface area contributed by atoms with Crippen molar-refractivity contribution in [3.05, 3.63) is 83.0 Å². The minimum Gasteiger partial charge on any atom is -0.497 e. The van der Waals surface area contributed by atoms with E-state index in [4.69, 9.17) is 23.5 Å². The summed E-state index contributed by atoms with van der Waals surface area (Å²) in [5.74, 6) is 0.492. The number of pyridine rings is 1. The molecule has 66 heavy (non-hydrogen) atoms. The van der Waals surface area contributed by atoms with Crippen LogP contribution in [-0.4, -0.2) is 97.6 Å². The van der Waals surface area contributed by atoms with Gasteiger partial charge >= 0.3 is 13.2 Å². The predicted octanol–water partition coefficient (Wildman–Crippen LogP) is 8.83. The Labute approximate surface area is 393 Å². The maximum absolute atomic E-state index is 14.6. The first kappa shape index (κ1) is 51.0. The Morgan fingerprint density at radius 3 is 2.42 bits per heavy atom. The fourth-order valence-electron chi connectivity index (χ4n) is 10.3. The van der Waals surface area contributed by atoms with Crippen LogP contribution in [-0.2, 0) is 33.1 Å². The Kier molecular flexibility index (Phi) is 17.1. The van der Waals surface area contributed by atoms with Crippen molar-refractivity contribution < 1.29 is 37.9 Å². The van der Waals surface area contributed by atoms with Crippen molar-refractivity contribution >= 4 is 35.8 Å². The van der Waals surface area contributed by atoms with Gasteiger partial charge in [-0.05, 0) is 135 Å². The van der Waals surface area contributed by atoms with Crippen LogP contribution in [0.5, 0.6) is 0 Å². The Morgan fingerprint density at radius 1 is 1.03 bits per heavy atom. The Balaban J connectivity index is 0.000000566. The smallest absolute Gasteiger partial charge is 0.482 e. The molecule has 3 aliphatic carbocycles. The van der Waals surface area contributed by atoms with Crippen LogP contribution in [0.25, 0.3) is 10.8 Å². The van der Waals surface area contributed by atoms with Gasteiger partial charge in [0.1, 0.15) is 23.9 Å². The summed E-state index contributed by atoms with van der Waals surface area (Å²) in [6.07, 6.45) is 16.3. The number of nitrogens with one attached hydrogen (secondary N) is 3. The van der Waals surface area contributed by atoms with E-state index in [9.17, 15) is 19.2 Å². The lowest BCUT2D eigenvalue weighted by Gasteiger charge is -2.47. The number of ether oxygens (including phenoxy) is 3. The van der Waals surface area contributed by atoms with Gasteiger partial charge in [-0.25, -0.2) is 4.79 Å². The highest BCUT2D eigenvalue weighted by Gasteiger charge is 2.59. The van der Waals surface area contributed by atoms with Crippen LogP contribution in [0.4, 0.5) is 4.79 Å². The summed E-state index contributed by atoms with van der Waals surface area (Å²) >= 11 is 0. The average Bonchev–Trinajstić information content (AvgIpc) is 3.58. The summed E-state index contributed by atoms with van der Waals surface area (Å²) in [5.41, 5.74) is -0.229. The SMILES string of the molecule is C=C(/C=C\C(=C/CC)OC)COCC(C1CC1)C(NC(=O)C1CCCN1C(=O)C(NC(=O)OC1CCCC1)C(C)(C)C)B1OC2C[C@H](C)C(C)(C)CC2(C)O1.O=c1[nH]ccc2ccccc12. The van der Waals surface area contributed by atoms with Crippen molar-refractivity contribution in [1.82, 2.24) is 20.5 Å². The third-order valence-electron chi connectivity index (χ3n) is 14.6. The standard InChI is InChI=1S/C43H70BN3O8.C9H7NO/c1-11-15-31(51-10)22-19-28(2)25-52-26-33(30-20-21-30)37(44-54-35-24-29(3)42(7,8)27-43(35,9)55-44)46-38(48)34-18-14-23-47(34)39(49)36(41(4,5)6)45-40(50)53-32-16-12-13-17-32;11-9-8-4-2-1-3-7(8)5-6-10-9/h15,19,22,29-30,32-37H,2,11-14,16-18,20-21,23-27H2,1,3-10H3,(H,45,50)(H,46,48);1-6H,(H,10,11)/b22-19-,31-15+;/t29-,33?,34?,35?,36?,37?,43?;/m0./s1. The summed E-state index contributed by atoms with van der Waals surface area (Å²) < 4.78 is 31.2. The molecule has 3 heterocycles. The minimum absolute atomic E-state index is 0.0249. The molecule has 0 radical (unpaired) electrons. The number of alkyl carbamates (subject to hydrolysis) is 1. The second-order valence-electron chi connectivity index (χ2n) is 21.3. The van der Waals surface area contributed by atoms with E-state index in [1.807, 2.05) is 69.3 Å². The van der Waals surface area contributed by atoms with Crippen molar-refractivity contribution in [1.29, 1.82) is 0 Å². The molecule has 6 unspecified atom stereocenters. The van der Waals surface area contributed by atoms with Crippen LogP contribution in [0, 0.1) is 28.6 Å². The van der Waals surface area contributed by atoms with Crippen molar-refractivity contribution in [2.24, 2.45) is 28.6 Å². The van der Waals surface area contributed by atoms with E-state index in [2.05, 4.69) is 56.8 Å². The van der Waals surface area contributed by atoms with Crippen molar-refractivity contribution in [2.45, 2.75) is 162 Å². The van der Waals surface area contributed by atoms with Crippen LogP contribution in [0.1, 0.15) is 126 Å². The summed E-state index contributed by atoms with van der Waals surface area (Å²) in [7, 11) is 0.986. The lowest BCUT2D eigenvalue weighted by molar-refractivity contribution is -0.142. The zero-order valence-electron chi connectivity index (χ0n) is 41.1. The Hall–Kier alpha value is -4.40. The molecular weight excluding hydrogens is 835 g/mol. The number of likely N-dealkylation sites (tertiary alicyclic amines) is 1. The fourth-order valence-corrected chi connectivity index (χ4v) is 10.3. The van der Waals surface area contributed by atoms with Gasteiger partial charge in [-0.15, -0.1) is 0 Å². The van der Waals surface area contributed by atoms with Gasteiger partial charge in [-0.1, -0.05) is 79.3 Å². The number of carbonyl (C=O) groups excluding carboxylic acids is 3. The topological polar surface area (TPSA) is 158 Å². The Morgan fingerprint density at radius 2 is 1.76 bits per heavy atom. The van der Waals surface area contributed by atoms with Crippen LogP contribution in [0.15, 0.2) is 77.5 Å². The van der Waals surface area contributed by atoms with Crippen LogP contribution in [0.2, 0.25) is 0 Å². The van der Waals surface area contributed by atoms with Crippen molar-refractivity contribution in [3.63, 3.8) is 0 Å². The van der Waals surface area contributed by atoms with Gasteiger partial charge in [0.05, 0.1) is 38.0 Å². The molecule has 14 heteroatoms. The average molecular weight is 913 g/mol. The largest absolute Gasteiger partial charge is 0.497 e. The number of nitrogens with zero attached hydrogens (tertiary/aromatic N) is 1. The zero-order valence-corrected chi connectivity index (χ0v) is 41.1. The molecule has 3 amide bonds. The number of benzene rings is 1. The first-order valence-electron chi connectivity index (χ1n) is 24.5. The molecular formula is C52H77BN4O9. The molecule has 2 saturated heterocycles. The van der Waals surface area contributed by atoms with Gasteiger partial charge in [-0.2, -0.15) is 0 Å². The minimum atomic E-state index is -0.854. The number of amides is 3. The summed E-state index contributed by atoms with van der Waals surface area (Å²) in [6.45, 7) is 22.2. The van der Waals surface area contributed by atoms with E-state index in [0.29, 0.717) is 44.4 Å². The van der Waals surface area contributed by atoms with Gasteiger partial charge in [0.15, 0.2) is 0 Å². The van der Waals surface area contributed by atoms with Gasteiger partial charge in [-0.3, -0.25) is 14.4 Å². The Bertz CT molecular complexity index is 2120. The van der Waals surface area contributed by atoms with E-state index in [1.54, 1.807) is 18.2 Å². The molecule has 3 N–H and O–H groups in total. The molecule has 2 aliphatic heterocycles.